The quantitative estimate of drug-likeness (QED) is 0.535. The van der Waals surface area contributed by atoms with E-state index in [-0.39, 0.29) is 11.6 Å². The number of carbonyl (C=O) groups excluding carboxylic acids is 1. The van der Waals surface area contributed by atoms with Gasteiger partial charge in [-0.2, -0.15) is 0 Å². The van der Waals surface area contributed by atoms with Crippen LogP contribution < -0.4 is 10.2 Å². The number of anilines is 2. The number of pyridine rings is 1. The second-order valence-corrected chi connectivity index (χ2v) is 8.25. The number of aryl methyl sites for hydroxylation is 2. The van der Waals surface area contributed by atoms with Gasteiger partial charge in [-0.25, -0.2) is 19.3 Å². The molecule has 4 heterocycles. The van der Waals surface area contributed by atoms with Crippen LogP contribution in [0.5, 0.6) is 0 Å². The van der Waals surface area contributed by atoms with Crippen molar-refractivity contribution < 1.29 is 9.18 Å². The molecule has 0 bridgehead atoms. The molecule has 8 nitrogen and oxygen atoms in total. The maximum atomic E-state index is 14.4. The molecule has 1 aliphatic rings. The number of hydrogen-bond donors (Lipinski definition) is 1. The molecule has 0 unspecified atom stereocenters. The summed E-state index contributed by atoms with van der Waals surface area (Å²) in [5, 5.41) is 3.64. The Kier molecular flexibility index (Phi) is 4.97. The van der Waals surface area contributed by atoms with Gasteiger partial charge < -0.3 is 19.5 Å². The van der Waals surface area contributed by atoms with Crippen molar-refractivity contribution in [1.29, 1.82) is 0 Å². The fourth-order valence-corrected chi connectivity index (χ4v) is 4.15. The third-order valence-electron chi connectivity index (χ3n) is 5.82. The van der Waals surface area contributed by atoms with Crippen molar-refractivity contribution in [3.05, 3.63) is 59.7 Å². The molecule has 3 aromatic heterocycles. The van der Waals surface area contributed by atoms with E-state index < -0.39 is 5.82 Å². The number of nitrogens with one attached hydrogen (secondary N) is 1. The first-order valence-electron chi connectivity index (χ1n) is 10.5. The number of fused-ring (bicyclic) bond motifs is 2. The summed E-state index contributed by atoms with van der Waals surface area (Å²) in [6, 6.07) is 5.01. The predicted octanol–water partition coefficient (Wildman–Crippen LogP) is 3.04. The van der Waals surface area contributed by atoms with E-state index in [1.165, 1.54) is 6.07 Å². The highest BCUT2D eigenvalue weighted by atomic mass is 19.1. The van der Waals surface area contributed by atoms with Crippen molar-refractivity contribution in [2.45, 2.75) is 13.8 Å². The van der Waals surface area contributed by atoms with Gasteiger partial charge in [-0.05, 0) is 33.0 Å². The number of aromatic nitrogens is 4. The molecule has 0 spiro atoms. The van der Waals surface area contributed by atoms with Crippen molar-refractivity contribution in [1.82, 2.24) is 24.3 Å². The fraction of sp³-hybridized carbons (Fsp3) is 0.304. The van der Waals surface area contributed by atoms with Gasteiger partial charge in [-0.15, -0.1) is 0 Å². The molecule has 4 aromatic rings. The highest BCUT2D eigenvalue weighted by molar-refractivity contribution is 6.13. The zero-order valence-corrected chi connectivity index (χ0v) is 18.3. The van der Waals surface area contributed by atoms with Gasteiger partial charge in [0.1, 0.15) is 5.82 Å². The fourth-order valence-electron chi connectivity index (χ4n) is 4.15. The largest absolute Gasteiger partial charge is 0.368 e. The number of halogens is 1. The molecule has 1 saturated heterocycles. The van der Waals surface area contributed by atoms with E-state index >= 15 is 0 Å². The lowest BCUT2D eigenvalue weighted by Gasteiger charge is -2.34. The van der Waals surface area contributed by atoms with Crippen LogP contribution >= 0.6 is 0 Å². The number of amides is 1. The molecule has 0 aliphatic carbocycles. The van der Waals surface area contributed by atoms with E-state index in [0.717, 1.165) is 37.3 Å². The van der Waals surface area contributed by atoms with Crippen LogP contribution in [0.4, 0.5) is 15.8 Å². The number of imidazole rings is 1. The lowest BCUT2D eigenvalue weighted by atomic mass is 10.1. The zero-order chi connectivity index (χ0) is 22.4. The van der Waals surface area contributed by atoms with E-state index in [2.05, 4.69) is 37.1 Å². The molecule has 0 atom stereocenters. The van der Waals surface area contributed by atoms with Gasteiger partial charge in [-0.3, -0.25) is 4.79 Å². The van der Waals surface area contributed by atoms with Crippen molar-refractivity contribution in [2.75, 3.05) is 43.4 Å². The summed E-state index contributed by atoms with van der Waals surface area (Å²) < 4.78 is 16.0. The lowest BCUT2D eigenvalue weighted by Crippen LogP contribution is -2.44. The Morgan fingerprint density at radius 1 is 1.09 bits per heavy atom. The molecular formula is C23H24FN7O. The highest BCUT2D eigenvalue weighted by Crippen LogP contribution is 2.29. The third kappa shape index (κ3) is 3.64. The maximum Gasteiger partial charge on any atom is 0.257 e. The molecule has 0 radical (unpaired) electrons. The topological polar surface area (TPSA) is 78.7 Å². The number of rotatable bonds is 3. The summed E-state index contributed by atoms with van der Waals surface area (Å²) in [5.74, 6) is -0.263. The first kappa shape index (κ1) is 20.3. The van der Waals surface area contributed by atoms with Crippen LogP contribution in [0, 0.1) is 19.7 Å². The molecule has 1 aliphatic heterocycles. The van der Waals surface area contributed by atoms with Gasteiger partial charge in [0, 0.05) is 61.9 Å². The Morgan fingerprint density at radius 3 is 2.66 bits per heavy atom. The molecule has 1 aromatic carbocycles. The minimum atomic E-state index is -0.496. The molecule has 5 rings (SSSR count). The van der Waals surface area contributed by atoms with Crippen molar-refractivity contribution in [3.8, 4) is 0 Å². The number of carbonyl (C=O) groups is 1. The minimum Gasteiger partial charge on any atom is -0.368 e. The van der Waals surface area contributed by atoms with E-state index in [4.69, 9.17) is 0 Å². The number of benzene rings is 1. The molecule has 164 valence electrons. The number of piperazine rings is 1. The van der Waals surface area contributed by atoms with Crippen LogP contribution in [0.3, 0.4) is 0 Å². The zero-order valence-electron chi connectivity index (χ0n) is 18.3. The summed E-state index contributed by atoms with van der Waals surface area (Å²) >= 11 is 0. The van der Waals surface area contributed by atoms with Crippen molar-refractivity contribution in [3.63, 3.8) is 0 Å². The van der Waals surface area contributed by atoms with Gasteiger partial charge in [-0.1, -0.05) is 0 Å². The lowest BCUT2D eigenvalue weighted by molar-refractivity contribution is 0.102. The third-order valence-corrected chi connectivity index (χ3v) is 5.82. The molecular weight excluding hydrogens is 409 g/mol. The van der Waals surface area contributed by atoms with Crippen LogP contribution in [0.15, 0.2) is 36.8 Å². The summed E-state index contributed by atoms with van der Waals surface area (Å²) in [4.78, 5) is 30.9. The van der Waals surface area contributed by atoms with Gasteiger partial charge in [0.25, 0.3) is 5.91 Å². The number of nitrogens with zero attached hydrogens (tertiary/aromatic N) is 6. The summed E-state index contributed by atoms with van der Waals surface area (Å²) in [6.07, 6.45) is 5.14. The predicted molar refractivity (Wildman–Crippen MR) is 122 cm³/mol. The van der Waals surface area contributed by atoms with E-state index in [1.807, 2.05) is 6.07 Å². The number of likely N-dealkylation sites (N-methyl/N-ethyl adjacent to an activating group) is 1. The highest BCUT2D eigenvalue weighted by Gasteiger charge is 2.21. The Labute approximate surface area is 184 Å². The Morgan fingerprint density at radius 2 is 1.88 bits per heavy atom. The Hall–Kier alpha value is -3.59. The molecule has 1 amide bonds. The Bertz CT molecular complexity index is 1340. The second-order valence-electron chi connectivity index (χ2n) is 8.25. The summed E-state index contributed by atoms with van der Waals surface area (Å²) in [6.45, 7) is 7.33. The molecule has 9 heteroatoms. The van der Waals surface area contributed by atoms with Gasteiger partial charge >= 0.3 is 0 Å². The minimum absolute atomic E-state index is 0.228. The summed E-state index contributed by atoms with van der Waals surface area (Å²) in [5.41, 5.74) is 3.30. The molecule has 0 saturated carbocycles. The number of hydrogen-bond acceptors (Lipinski definition) is 6. The smallest absolute Gasteiger partial charge is 0.257 e. The summed E-state index contributed by atoms with van der Waals surface area (Å²) in [7, 11) is 2.11. The van der Waals surface area contributed by atoms with Crippen LogP contribution in [0.1, 0.15) is 21.9 Å². The maximum absolute atomic E-state index is 14.4. The van der Waals surface area contributed by atoms with E-state index in [0.29, 0.717) is 28.3 Å². The van der Waals surface area contributed by atoms with E-state index in [9.17, 15) is 9.18 Å². The Balaban J connectivity index is 1.52. The van der Waals surface area contributed by atoms with Gasteiger partial charge in [0.05, 0.1) is 22.5 Å². The monoisotopic (exact) mass is 433 g/mol. The van der Waals surface area contributed by atoms with Crippen LogP contribution in [-0.4, -0.2) is 63.4 Å². The second kappa shape index (κ2) is 7.83. The van der Waals surface area contributed by atoms with Crippen LogP contribution in [0.25, 0.3) is 16.6 Å². The van der Waals surface area contributed by atoms with Gasteiger partial charge in [0.2, 0.25) is 0 Å². The normalized spacial score (nSPS) is 14.9. The standard InChI is InChI=1S/C23H24FN7O/c1-14-12-31-13-16(10-19(24)22(31)26-14)28-23(32)17-4-5-20(30-8-6-29(3)7-9-30)18-11-25-15(2)27-21(17)18/h4-5,10-13H,6-9H2,1-3H3,(H,28,32). The van der Waals surface area contributed by atoms with Crippen molar-refractivity contribution in [2.24, 2.45) is 0 Å². The molecule has 1 N–H and O–H groups in total. The first-order chi connectivity index (χ1) is 15.4. The van der Waals surface area contributed by atoms with Crippen molar-refractivity contribution >= 4 is 33.8 Å². The SMILES string of the molecule is Cc1cn2cc(NC(=O)c3ccc(N4CCN(C)CC4)c4cnc(C)nc34)cc(F)c2n1. The van der Waals surface area contributed by atoms with Crippen LogP contribution in [0.2, 0.25) is 0 Å². The molecule has 32 heavy (non-hydrogen) atoms. The van der Waals surface area contributed by atoms with E-state index in [1.54, 1.807) is 42.9 Å². The van der Waals surface area contributed by atoms with Gasteiger partial charge in [0.15, 0.2) is 11.5 Å². The average molecular weight is 433 g/mol. The average Bonchev–Trinajstić information content (AvgIpc) is 3.14. The first-order valence-corrected chi connectivity index (χ1v) is 10.5. The molecule has 1 fully saturated rings. The van der Waals surface area contributed by atoms with Crippen LogP contribution in [-0.2, 0) is 0 Å².